The summed E-state index contributed by atoms with van der Waals surface area (Å²) in [6, 6.07) is 15.0. The molecule has 0 aliphatic heterocycles. The summed E-state index contributed by atoms with van der Waals surface area (Å²) in [5, 5.41) is 13.1. The second-order valence-corrected chi connectivity index (χ2v) is 6.45. The number of benzene rings is 2. The number of Topliss-reactive ketones (excluding diaryl/α,β-unsaturated/α-hetero) is 2. The Morgan fingerprint density at radius 2 is 1.27 bits per heavy atom. The number of allylic oxidation sites excluding steroid dienone is 1. The van der Waals surface area contributed by atoms with Crippen LogP contribution in [0.2, 0.25) is 0 Å². The zero-order valence-electron chi connectivity index (χ0n) is 13.4. The van der Waals surface area contributed by atoms with E-state index in [4.69, 9.17) is 0 Å². The fraction of sp³-hybridized carbons (Fsp3) is 0. The monoisotopic (exact) mass is 335 g/mol. The number of nitrogens with zero attached hydrogens (tertiary/aromatic N) is 3. The van der Waals surface area contributed by atoms with E-state index in [-0.39, 0.29) is 17.3 Å². The number of ketones is 2. The van der Waals surface area contributed by atoms with Crippen LogP contribution in [0.15, 0.2) is 60.3 Å². The molecule has 0 saturated heterocycles. The molecule has 3 aromatic rings. The number of carbonyl (C=O) groups is 2. The lowest BCUT2D eigenvalue weighted by molar-refractivity contribution is 0.104. The Hall–Kier alpha value is -3.73. The summed E-state index contributed by atoms with van der Waals surface area (Å²) in [5.41, 5.74) is 5.06. The fourth-order valence-corrected chi connectivity index (χ4v) is 4.22. The fourth-order valence-electron chi connectivity index (χ4n) is 4.22. The van der Waals surface area contributed by atoms with Crippen LogP contribution in [0.4, 0.5) is 0 Å². The molecule has 0 fully saturated rings. The van der Waals surface area contributed by atoms with Crippen molar-refractivity contribution < 1.29 is 9.59 Å². The van der Waals surface area contributed by atoms with E-state index >= 15 is 0 Å². The highest BCUT2D eigenvalue weighted by molar-refractivity contribution is 6.47. The van der Waals surface area contributed by atoms with Crippen molar-refractivity contribution in [3.8, 4) is 0 Å². The standard InChI is InChI=1S/C21H9N3O2/c25-20-13-8-4-3-7-12(13)15-14-9-22-24-23-19(14)21(26)17-11-6-2-1-5-10(11)16(20)18(15)17/h1-9H. The third-order valence-electron chi connectivity index (χ3n) is 5.23. The van der Waals surface area contributed by atoms with Gasteiger partial charge in [0.05, 0.1) is 6.20 Å². The SMILES string of the molecule is O=C1C2=c3ccccc3=C3C(=O)c4nnncc4C(=C23)c2ccccc21. The third kappa shape index (κ3) is 1.40. The van der Waals surface area contributed by atoms with Crippen molar-refractivity contribution in [2.45, 2.75) is 0 Å². The lowest BCUT2D eigenvalue weighted by Gasteiger charge is -2.27. The molecule has 1 aromatic heterocycles. The molecule has 0 atom stereocenters. The van der Waals surface area contributed by atoms with Crippen LogP contribution in [0.5, 0.6) is 0 Å². The number of carbonyl (C=O) groups excluding carboxylic acids is 2. The minimum atomic E-state index is -0.205. The van der Waals surface area contributed by atoms with E-state index in [9.17, 15) is 9.59 Å². The van der Waals surface area contributed by atoms with Gasteiger partial charge in [0, 0.05) is 33.4 Å². The van der Waals surface area contributed by atoms with Crippen molar-refractivity contribution in [3.05, 3.63) is 93.1 Å². The van der Waals surface area contributed by atoms with E-state index < -0.39 is 0 Å². The van der Waals surface area contributed by atoms with E-state index in [1.807, 2.05) is 48.5 Å². The van der Waals surface area contributed by atoms with Crippen molar-refractivity contribution in [1.29, 1.82) is 0 Å². The highest BCUT2D eigenvalue weighted by Crippen LogP contribution is 2.47. The van der Waals surface area contributed by atoms with E-state index in [1.54, 1.807) is 6.20 Å². The molecule has 120 valence electrons. The van der Waals surface area contributed by atoms with E-state index in [1.165, 1.54) is 0 Å². The summed E-state index contributed by atoms with van der Waals surface area (Å²) in [4.78, 5) is 26.5. The van der Waals surface area contributed by atoms with Gasteiger partial charge in [0.2, 0.25) is 5.78 Å². The van der Waals surface area contributed by atoms with Crippen LogP contribution in [0.3, 0.4) is 0 Å². The predicted octanol–water partition coefficient (Wildman–Crippen LogP) is 1.08. The molecule has 0 saturated carbocycles. The van der Waals surface area contributed by atoms with Gasteiger partial charge in [0.25, 0.3) is 0 Å². The maximum Gasteiger partial charge on any atom is 0.215 e. The molecular formula is C21H9N3O2. The topological polar surface area (TPSA) is 72.8 Å². The van der Waals surface area contributed by atoms with Gasteiger partial charge in [-0.3, -0.25) is 9.59 Å². The summed E-state index contributed by atoms with van der Waals surface area (Å²) in [5.74, 6) is -0.253. The molecule has 6 rings (SSSR count). The van der Waals surface area contributed by atoms with Crippen LogP contribution >= 0.6 is 0 Å². The van der Waals surface area contributed by atoms with Gasteiger partial charge < -0.3 is 0 Å². The summed E-state index contributed by atoms with van der Waals surface area (Å²) >= 11 is 0. The average molecular weight is 335 g/mol. The van der Waals surface area contributed by atoms with E-state index in [0.717, 1.165) is 21.6 Å². The Labute approximate surface area is 147 Å². The largest absolute Gasteiger partial charge is 0.289 e. The van der Waals surface area contributed by atoms with Gasteiger partial charge in [0.1, 0.15) is 5.69 Å². The average Bonchev–Trinajstić information content (AvgIpc) is 3.03. The third-order valence-corrected chi connectivity index (χ3v) is 5.23. The van der Waals surface area contributed by atoms with Crippen LogP contribution in [0.1, 0.15) is 32.0 Å². The molecule has 0 unspecified atom stereocenters. The molecule has 0 N–H and O–H groups in total. The summed E-state index contributed by atoms with van der Waals surface area (Å²) in [7, 11) is 0. The predicted molar refractivity (Wildman–Crippen MR) is 93.5 cm³/mol. The summed E-state index contributed by atoms with van der Waals surface area (Å²) < 4.78 is 0. The first kappa shape index (κ1) is 13.5. The molecule has 0 spiro atoms. The zero-order valence-corrected chi connectivity index (χ0v) is 13.4. The maximum absolute atomic E-state index is 13.3. The second kappa shape index (κ2) is 4.46. The molecule has 5 nitrogen and oxygen atoms in total. The Kier molecular flexibility index (Phi) is 2.32. The van der Waals surface area contributed by atoms with Gasteiger partial charge >= 0.3 is 0 Å². The van der Waals surface area contributed by atoms with Gasteiger partial charge in [0.15, 0.2) is 5.78 Å². The molecule has 26 heavy (non-hydrogen) atoms. The maximum atomic E-state index is 13.3. The number of hydrogen-bond donors (Lipinski definition) is 0. The van der Waals surface area contributed by atoms with Gasteiger partial charge in [-0.1, -0.05) is 48.5 Å². The van der Waals surface area contributed by atoms with Crippen LogP contribution < -0.4 is 10.4 Å². The Bertz CT molecular complexity index is 1260. The van der Waals surface area contributed by atoms with Crippen molar-refractivity contribution in [1.82, 2.24) is 15.4 Å². The highest BCUT2D eigenvalue weighted by Gasteiger charge is 2.42. The van der Waals surface area contributed by atoms with Crippen molar-refractivity contribution in [3.63, 3.8) is 0 Å². The van der Waals surface area contributed by atoms with Gasteiger partial charge in [-0.2, -0.15) is 0 Å². The molecule has 1 heterocycles. The molecule has 0 bridgehead atoms. The van der Waals surface area contributed by atoms with Crippen LogP contribution in [0, 0.1) is 0 Å². The zero-order chi connectivity index (χ0) is 17.4. The number of rotatable bonds is 0. The van der Waals surface area contributed by atoms with E-state index in [0.29, 0.717) is 27.8 Å². The van der Waals surface area contributed by atoms with Crippen molar-refractivity contribution in [2.75, 3.05) is 0 Å². The number of fused-ring (bicyclic) bond motifs is 5. The van der Waals surface area contributed by atoms with Gasteiger partial charge in [-0.05, 0) is 21.2 Å². The van der Waals surface area contributed by atoms with Crippen LogP contribution in [-0.2, 0) is 0 Å². The second-order valence-electron chi connectivity index (χ2n) is 6.45. The lowest BCUT2D eigenvalue weighted by atomic mass is 9.73. The van der Waals surface area contributed by atoms with Gasteiger partial charge in [-0.15, -0.1) is 10.2 Å². The number of aromatic nitrogens is 3. The molecule has 0 radical (unpaired) electrons. The molecule has 3 aliphatic carbocycles. The molecule has 0 amide bonds. The quantitative estimate of drug-likeness (QED) is 0.615. The molecule has 3 aliphatic rings. The highest BCUT2D eigenvalue weighted by atomic mass is 16.1. The number of hydrogen-bond acceptors (Lipinski definition) is 5. The Morgan fingerprint density at radius 3 is 2.04 bits per heavy atom. The normalized spacial score (nSPS) is 16.3. The first-order chi connectivity index (χ1) is 12.8. The first-order valence-corrected chi connectivity index (χ1v) is 8.23. The first-order valence-electron chi connectivity index (χ1n) is 8.23. The minimum absolute atomic E-state index is 0.0481. The van der Waals surface area contributed by atoms with Gasteiger partial charge in [-0.25, -0.2) is 0 Å². The molecular weight excluding hydrogens is 326 g/mol. The smallest absolute Gasteiger partial charge is 0.215 e. The summed E-state index contributed by atoms with van der Waals surface area (Å²) in [6.45, 7) is 0. The van der Waals surface area contributed by atoms with E-state index in [2.05, 4.69) is 15.4 Å². The Balaban J connectivity index is 1.94. The molecule has 5 heteroatoms. The molecule has 2 aromatic carbocycles. The van der Waals surface area contributed by atoms with Crippen LogP contribution in [-0.4, -0.2) is 27.0 Å². The van der Waals surface area contributed by atoms with Crippen molar-refractivity contribution in [2.24, 2.45) is 0 Å². The lowest BCUT2D eigenvalue weighted by Crippen LogP contribution is -2.26. The summed E-state index contributed by atoms with van der Waals surface area (Å²) in [6.07, 6.45) is 1.56. The van der Waals surface area contributed by atoms with Crippen molar-refractivity contribution >= 4 is 28.3 Å². The Morgan fingerprint density at radius 1 is 0.615 bits per heavy atom. The minimum Gasteiger partial charge on any atom is -0.289 e. The van der Waals surface area contributed by atoms with Crippen LogP contribution in [0.25, 0.3) is 16.7 Å².